The van der Waals surface area contributed by atoms with Crippen LogP contribution in [0.3, 0.4) is 0 Å². The number of hydrogen-bond acceptors (Lipinski definition) is 2. The molecule has 0 aromatic heterocycles. The number of urea groups is 1. The number of nitrogens with zero attached hydrogens (tertiary/aromatic N) is 2. The van der Waals surface area contributed by atoms with Crippen molar-refractivity contribution in [2.24, 2.45) is 0 Å². The van der Waals surface area contributed by atoms with Gasteiger partial charge in [0.15, 0.2) is 0 Å². The zero-order valence-electron chi connectivity index (χ0n) is 16.8. The van der Waals surface area contributed by atoms with Crippen molar-refractivity contribution in [1.29, 1.82) is 0 Å². The minimum atomic E-state index is -0.0247. The van der Waals surface area contributed by atoms with Gasteiger partial charge >= 0.3 is 6.03 Å². The molecular formula is C25H27N3O. The van der Waals surface area contributed by atoms with Crippen molar-refractivity contribution in [2.75, 3.05) is 24.5 Å². The summed E-state index contributed by atoms with van der Waals surface area (Å²) >= 11 is 0. The lowest BCUT2D eigenvalue weighted by atomic mass is 9.97. The third kappa shape index (κ3) is 3.33. The van der Waals surface area contributed by atoms with Crippen LogP contribution in [0.2, 0.25) is 0 Å². The van der Waals surface area contributed by atoms with Crippen molar-refractivity contribution in [1.82, 2.24) is 10.2 Å². The zero-order chi connectivity index (χ0) is 19.8. The number of para-hydroxylation sites is 1. The van der Waals surface area contributed by atoms with Gasteiger partial charge in [-0.05, 0) is 47.7 Å². The van der Waals surface area contributed by atoms with E-state index < -0.39 is 0 Å². The van der Waals surface area contributed by atoms with Crippen LogP contribution in [-0.4, -0.2) is 36.6 Å². The molecule has 29 heavy (non-hydrogen) atoms. The van der Waals surface area contributed by atoms with Gasteiger partial charge in [0, 0.05) is 25.3 Å². The maximum atomic E-state index is 12.8. The number of anilines is 1. The SMILES string of the molecule is CC(NC(=O)N1CC(N2CCCc3ccccc32)C1)c1cccc2ccccc12. The molecule has 2 aliphatic heterocycles. The fourth-order valence-electron chi connectivity index (χ4n) is 4.74. The van der Waals surface area contributed by atoms with Gasteiger partial charge in [-0.15, -0.1) is 0 Å². The monoisotopic (exact) mass is 385 g/mol. The molecule has 0 radical (unpaired) electrons. The Balaban J connectivity index is 1.23. The second-order valence-corrected chi connectivity index (χ2v) is 8.22. The summed E-state index contributed by atoms with van der Waals surface area (Å²) in [6, 6.07) is 23.8. The first-order valence-electron chi connectivity index (χ1n) is 10.6. The topological polar surface area (TPSA) is 35.6 Å². The molecule has 2 aliphatic rings. The maximum absolute atomic E-state index is 12.8. The molecule has 1 saturated heterocycles. The average Bonchev–Trinajstić information content (AvgIpc) is 2.72. The zero-order valence-corrected chi connectivity index (χ0v) is 16.8. The number of rotatable bonds is 3. The molecule has 1 fully saturated rings. The Bertz CT molecular complexity index is 1040. The third-order valence-corrected chi connectivity index (χ3v) is 6.37. The average molecular weight is 386 g/mol. The summed E-state index contributed by atoms with van der Waals surface area (Å²) in [5.74, 6) is 0. The van der Waals surface area contributed by atoms with Crippen LogP contribution in [0, 0.1) is 0 Å². The molecule has 1 N–H and O–H groups in total. The molecule has 4 nitrogen and oxygen atoms in total. The van der Waals surface area contributed by atoms with Crippen molar-refractivity contribution in [3.8, 4) is 0 Å². The first kappa shape index (κ1) is 18.0. The Kier molecular flexibility index (Phi) is 4.62. The maximum Gasteiger partial charge on any atom is 0.318 e. The number of carbonyl (C=O) groups excluding carboxylic acids is 1. The molecule has 148 valence electrons. The molecule has 4 heteroatoms. The summed E-state index contributed by atoms with van der Waals surface area (Å²) in [4.78, 5) is 17.2. The van der Waals surface area contributed by atoms with Gasteiger partial charge in [-0.2, -0.15) is 0 Å². The molecule has 1 unspecified atom stereocenters. The highest BCUT2D eigenvalue weighted by Crippen LogP contribution is 2.31. The number of fused-ring (bicyclic) bond motifs is 2. The van der Waals surface area contributed by atoms with Crippen LogP contribution in [0.4, 0.5) is 10.5 Å². The summed E-state index contributed by atoms with van der Waals surface area (Å²) in [6.07, 6.45) is 2.35. The normalized spacial score (nSPS) is 17.6. The smallest absolute Gasteiger partial charge is 0.318 e. The Morgan fingerprint density at radius 2 is 1.76 bits per heavy atom. The quantitative estimate of drug-likeness (QED) is 0.706. The summed E-state index contributed by atoms with van der Waals surface area (Å²) in [7, 11) is 0. The summed E-state index contributed by atoms with van der Waals surface area (Å²) in [5.41, 5.74) is 3.96. The molecule has 0 aliphatic carbocycles. The van der Waals surface area contributed by atoms with E-state index in [2.05, 4.69) is 77.8 Å². The first-order valence-corrected chi connectivity index (χ1v) is 10.6. The molecule has 3 aromatic carbocycles. The van der Waals surface area contributed by atoms with Gasteiger partial charge in [-0.3, -0.25) is 0 Å². The number of amides is 2. The van der Waals surface area contributed by atoms with Gasteiger partial charge in [-0.25, -0.2) is 4.79 Å². The van der Waals surface area contributed by atoms with E-state index in [0.717, 1.165) is 26.1 Å². The number of likely N-dealkylation sites (tertiary alicyclic amines) is 1. The molecule has 0 spiro atoms. The fourth-order valence-corrected chi connectivity index (χ4v) is 4.74. The minimum absolute atomic E-state index is 0.0247. The minimum Gasteiger partial charge on any atom is -0.365 e. The van der Waals surface area contributed by atoms with Gasteiger partial charge in [0.25, 0.3) is 0 Å². The van der Waals surface area contributed by atoms with E-state index in [9.17, 15) is 4.79 Å². The van der Waals surface area contributed by atoms with Gasteiger partial charge < -0.3 is 15.1 Å². The van der Waals surface area contributed by atoms with E-state index in [-0.39, 0.29) is 12.1 Å². The standard InChI is InChI=1S/C25H27N3O/c1-18(22-13-6-10-19-8-2-4-12-23(19)22)26-25(29)27-16-21(17-27)28-15-7-11-20-9-3-5-14-24(20)28/h2-6,8-10,12-14,18,21H,7,11,15-17H2,1H3,(H,26,29). The molecule has 0 saturated carbocycles. The molecular weight excluding hydrogens is 358 g/mol. The van der Waals surface area contributed by atoms with Crippen molar-refractivity contribution in [3.63, 3.8) is 0 Å². The van der Waals surface area contributed by atoms with Crippen LogP contribution in [0.5, 0.6) is 0 Å². The van der Waals surface area contributed by atoms with Gasteiger partial charge in [0.1, 0.15) is 0 Å². The second kappa shape index (κ2) is 7.43. The van der Waals surface area contributed by atoms with E-state index >= 15 is 0 Å². The van der Waals surface area contributed by atoms with Crippen molar-refractivity contribution < 1.29 is 4.79 Å². The van der Waals surface area contributed by atoms with E-state index in [4.69, 9.17) is 0 Å². The highest BCUT2D eigenvalue weighted by Gasteiger charge is 2.36. The molecule has 2 amide bonds. The number of hydrogen-bond donors (Lipinski definition) is 1. The van der Waals surface area contributed by atoms with Crippen LogP contribution in [0.25, 0.3) is 10.8 Å². The first-order chi connectivity index (χ1) is 14.2. The Morgan fingerprint density at radius 1 is 1.00 bits per heavy atom. The van der Waals surface area contributed by atoms with E-state index in [1.54, 1.807) is 0 Å². The number of carbonyl (C=O) groups is 1. The van der Waals surface area contributed by atoms with Crippen LogP contribution >= 0.6 is 0 Å². The molecule has 5 rings (SSSR count). The Hall–Kier alpha value is -3.01. The lowest BCUT2D eigenvalue weighted by molar-refractivity contribution is 0.145. The molecule has 3 aromatic rings. The summed E-state index contributed by atoms with van der Waals surface area (Å²) in [6.45, 7) is 4.74. The van der Waals surface area contributed by atoms with Crippen molar-refractivity contribution in [2.45, 2.75) is 31.8 Å². The molecule has 1 atom stereocenters. The number of nitrogens with one attached hydrogen (secondary N) is 1. The third-order valence-electron chi connectivity index (χ3n) is 6.37. The lowest BCUT2D eigenvalue weighted by Crippen LogP contribution is -2.64. The van der Waals surface area contributed by atoms with E-state index in [1.807, 2.05) is 11.0 Å². The van der Waals surface area contributed by atoms with Crippen LogP contribution in [0.1, 0.15) is 30.5 Å². The molecule has 0 bridgehead atoms. The molecule has 2 heterocycles. The van der Waals surface area contributed by atoms with Crippen molar-refractivity contribution >= 4 is 22.5 Å². The predicted octanol–water partition coefficient (Wildman–Crippen LogP) is 4.75. The second-order valence-electron chi connectivity index (χ2n) is 8.22. The van der Waals surface area contributed by atoms with Gasteiger partial charge in [0.05, 0.1) is 12.1 Å². The summed E-state index contributed by atoms with van der Waals surface area (Å²) < 4.78 is 0. The Labute approximate surface area is 172 Å². The van der Waals surface area contributed by atoms with E-state index in [1.165, 1.54) is 34.0 Å². The van der Waals surface area contributed by atoms with Gasteiger partial charge in [0.2, 0.25) is 0 Å². The predicted molar refractivity (Wildman–Crippen MR) is 118 cm³/mol. The Morgan fingerprint density at radius 3 is 2.66 bits per heavy atom. The number of aryl methyl sites for hydroxylation is 1. The highest BCUT2D eigenvalue weighted by atomic mass is 16.2. The lowest BCUT2D eigenvalue weighted by Gasteiger charge is -2.48. The van der Waals surface area contributed by atoms with Crippen LogP contribution in [-0.2, 0) is 6.42 Å². The summed E-state index contributed by atoms with van der Waals surface area (Å²) in [5, 5.41) is 5.61. The number of benzene rings is 3. The van der Waals surface area contributed by atoms with Crippen molar-refractivity contribution in [3.05, 3.63) is 77.9 Å². The fraction of sp³-hybridized carbons (Fsp3) is 0.320. The largest absolute Gasteiger partial charge is 0.365 e. The highest BCUT2D eigenvalue weighted by molar-refractivity contribution is 5.86. The van der Waals surface area contributed by atoms with Crippen LogP contribution in [0.15, 0.2) is 66.7 Å². The van der Waals surface area contributed by atoms with E-state index in [0.29, 0.717) is 6.04 Å². The van der Waals surface area contributed by atoms with Crippen LogP contribution < -0.4 is 10.2 Å². The van der Waals surface area contributed by atoms with Gasteiger partial charge in [-0.1, -0.05) is 60.7 Å².